The third kappa shape index (κ3) is 7.11. The maximum atomic E-state index is 6.06. The third-order valence-electron chi connectivity index (χ3n) is 7.67. The average molecular weight is 627 g/mol. The highest BCUT2D eigenvalue weighted by molar-refractivity contribution is 5.94. The van der Waals surface area contributed by atoms with E-state index in [1.807, 2.05) is 109 Å². The Bertz CT molecular complexity index is 2140. The fraction of sp³-hybridized carbons (Fsp3) is 0.0244. The normalized spacial score (nSPS) is 11.5. The molecule has 0 saturated heterocycles. The number of nitrogens with zero attached hydrogens (tertiary/aromatic N) is 4. The molecule has 0 saturated carbocycles. The molecule has 0 spiro atoms. The molecule has 0 unspecified atom stereocenters. The third-order valence-corrected chi connectivity index (χ3v) is 7.67. The Balaban J connectivity index is 0.961. The van der Waals surface area contributed by atoms with Crippen molar-refractivity contribution in [3.8, 4) is 56.7 Å². The lowest BCUT2D eigenvalue weighted by Crippen LogP contribution is -2.02. The van der Waals surface area contributed by atoms with Crippen LogP contribution in [0.1, 0.15) is 11.1 Å². The van der Waals surface area contributed by atoms with Crippen LogP contribution >= 0.6 is 0 Å². The van der Waals surface area contributed by atoms with E-state index in [1.54, 1.807) is 13.3 Å². The molecule has 6 aromatic carbocycles. The second kappa shape index (κ2) is 14.2. The fourth-order valence-electron chi connectivity index (χ4n) is 5.12. The van der Waals surface area contributed by atoms with Gasteiger partial charge in [-0.05, 0) is 88.5 Å². The summed E-state index contributed by atoms with van der Waals surface area (Å²) < 4.78 is 17.5. The van der Waals surface area contributed by atoms with E-state index in [0.717, 1.165) is 38.9 Å². The van der Waals surface area contributed by atoms with E-state index in [2.05, 4.69) is 68.9 Å². The minimum atomic E-state index is 0.397. The van der Waals surface area contributed by atoms with E-state index in [9.17, 15) is 0 Å². The number of methoxy groups -OCH3 is 1. The lowest BCUT2D eigenvalue weighted by Gasteiger charge is -2.08. The molecule has 7 heteroatoms. The van der Waals surface area contributed by atoms with Crippen molar-refractivity contribution < 1.29 is 13.9 Å². The topological polar surface area (TPSA) is 82.1 Å². The van der Waals surface area contributed by atoms with Gasteiger partial charge in [-0.15, -0.1) is 15.3 Å². The molecule has 7 aromatic rings. The van der Waals surface area contributed by atoms with Gasteiger partial charge in [-0.25, -0.2) is 0 Å². The van der Waals surface area contributed by atoms with Gasteiger partial charge in [-0.3, -0.25) is 0 Å². The lowest BCUT2D eigenvalue weighted by atomic mass is 10.0. The molecule has 1 heterocycles. The van der Waals surface area contributed by atoms with Crippen LogP contribution in [0.5, 0.6) is 11.5 Å². The largest absolute Gasteiger partial charge is 0.479 e. The summed E-state index contributed by atoms with van der Waals surface area (Å²) in [4.78, 5) is 0. The molecule has 0 aliphatic carbocycles. The van der Waals surface area contributed by atoms with Gasteiger partial charge < -0.3 is 13.9 Å². The molecule has 7 rings (SSSR count). The van der Waals surface area contributed by atoms with Gasteiger partial charge in [0.15, 0.2) is 0 Å². The van der Waals surface area contributed by atoms with Gasteiger partial charge in [-0.1, -0.05) is 97.1 Å². The number of ether oxygens (including phenoxy) is 2. The van der Waals surface area contributed by atoms with E-state index in [4.69, 9.17) is 13.9 Å². The van der Waals surface area contributed by atoms with Crippen molar-refractivity contribution >= 4 is 12.1 Å². The molecule has 7 nitrogen and oxygen atoms in total. The van der Waals surface area contributed by atoms with Crippen molar-refractivity contribution in [3.63, 3.8) is 0 Å². The van der Waals surface area contributed by atoms with E-state index in [1.165, 1.54) is 5.56 Å². The number of aromatic nitrogens is 2. The summed E-state index contributed by atoms with van der Waals surface area (Å²) in [6.07, 6.45) is 1.70. The van der Waals surface area contributed by atoms with Crippen LogP contribution in [0.2, 0.25) is 0 Å². The molecule has 0 aliphatic heterocycles. The minimum Gasteiger partial charge on any atom is -0.479 e. The van der Waals surface area contributed by atoms with Gasteiger partial charge in [0.1, 0.15) is 11.5 Å². The van der Waals surface area contributed by atoms with Crippen molar-refractivity contribution in [2.24, 2.45) is 10.2 Å². The standard InChI is InChI=1S/C41H30N4O3/c1-46-39(43-42-28-29-12-14-32(15-13-29)30-8-4-2-5-9-30)34-20-24-37(25-21-34)47-38-26-22-36(23-27-38)41-45-44-40(48-41)35-18-16-33(17-19-35)31-10-6-3-7-11-31/h2-28H,1H3/b42-28+,43-39-. The molecule has 0 bridgehead atoms. The zero-order valence-corrected chi connectivity index (χ0v) is 26.1. The molecule has 232 valence electrons. The smallest absolute Gasteiger partial charge is 0.248 e. The van der Waals surface area contributed by atoms with E-state index < -0.39 is 0 Å². The number of hydrogen-bond donors (Lipinski definition) is 0. The molecular formula is C41H30N4O3. The molecule has 0 aliphatic rings. The highest BCUT2D eigenvalue weighted by atomic mass is 16.5. The summed E-state index contributed by atoms with van der Waals surface area (Å²) in [6.45, 7) is 0. The van der Waals surface area contributed by atoms with Crippen LogP contribution in [0.4, 0.5) is 0 Å². The highest BCUT2D eigenvalue weighted by Crippen LogP contribution is 2.29. The van der Waals surface area contributed by atoms with Gasteiger partial charge >= 0.3 is 0 Å². The Morgan fingerprint density at radius 3 is 1.48 bits per heavy atom. The Kier molecular flexibility index (Phi) is 8.91. The molecule has 0 amide bonds. The fourth-order valence-corrected chi connectivity index (χ4v) is 5.12. The van der Waals surface area contributed by atoms with Crippen molar-refractivity contribution in [2.45, 2.75) is 0 Å². The molecular weight excluding hydrogens is 596 g/mol. The van der Waals surface area contributed by atoms with Gasteiger partial charge in [0.2, 0.25) is 17.7 Å². The van der Waals surface area contributed by atoms with Crippen LogP contribution < -0.4 is 4.74 Å². The minimum absolute atomic E-state index is 0.397. The quantitative estimate of drug-likeness (QED) is 0.0905. The second-order valence-electron chi connectivity index (χ2n) is 10.8. The van der Waals surface area contributed by atoms with Crippen molar-refractivity contribution in [2.75, 3.05) is 7.11 Å². The van der Waals surface area contributed by atoms with Crippen LogP contribution in [-0.4, -0.2) is 29.4 Å². The predicted molar refractivity (Wildman–Crippen MR) is 190 cm³/mol. The summed E-state index contributed by atoms with van der Waals surface area (Å²) in [5.41, 5.74) is 7.98. The van der Waals surface area contributed by atoms with E-state index >= 15 is 0 Å². The monoisotopic (exact) mass is 626 g/mol. The maximum Gasteiger partial charge on any atom is 0.248 e. The first-order valence-corrected chi connectivity index (χ1v) is 15.4. The summed E-state index contributed by atoms with van der Waals surface area (Å²) in [5.74, 6) is 2.64. The zero-order valence-electron chi connectivity index (χ0n) is 26.1. The van der Waals surface area contributed by atoms with Crippen LogP contribution in [-0.2, 0) is 4.74 Å². The molecule has 0 radical (unpaired) electrons. The SMILES string of the molecule is CO/C(=N\N=C\c1ccc(-c2ccccc2)cc1)c1ccc(Oc2ccc(-c3nnc(-c4ccc(-c5ccccc5)cc4)o3)cc2)cc1. The molecule has 0 N–H and O–H groups in total. The summed E-state index contributed by atoms with van der Waals surface area (Å²) in [6, 6.07) is 51.7. The van der Waals surface area contributed by atoms with Crippen LogP contribution in [0.25, 0.3) is 45.2 Å². The first-order chi connectivity index (χ1) is 23.7. The van der Waals surface area contributed by atoms with E-state index in [0.29, 0.717) is 29.2 Å². The summed E-state index contributed by atoms with van der Waals surface area (Å²) in [5, 5.41) is 17.0. The Hall–Kier alpha value is -6.60. The van der Waals surface area contributed by atoms with E-state index in [-0.39, 0.29) is 0 Å². The number of rotatable bonds is 9. The van der Waals surface area contributed by atoms with Crippen molar-refractivity contribution in [1.82, 2.24) is 10.2 Å². The lowest BCUT2D eigenvalue weighted by molar-refractivity contribution is 0.403. The number of hydrogen-bond acceptors (Lipinski definition) is 7. The molecule has 0 atom stereocenters. The van der Waals surface area contributed by atoms with Crippen molar-refractivity contribution in [3.05, 3.63) is 169 Å². The van der Waals surface area contributed by atoms with Gasteiger partial charge in [0.05, 0.1) is 13.3 Å². The van der Waals surface area contributed by atoms with Gasteiger partial charge in [0, 0.05) is 16.7 Å². The summed E-state index contributed by atoms with van der Waals surface area (Å²) in [7, 11) is 1.57. The van der Waals surface area contributed by atoms with Crippen molar-refractivity contribution in [1.29, 1.82) is 0 Å². The molecule has 48 heavy (non-hydrogen) atoms. The van der Waals surface area contributed by atoms with Crippen LogP contribution in [0.3, 0.4) is 0 Å². The molecule has 0 fully saturated rings. The average Bonchev–Trinajstić information content (AvgIpc) is 3.66. The first-order valence-electron chi connectivity index (χ1n) is 15.4. The molecule has 1 aromatic heterocycles. The Labute approximate surface area is 278 Å². The Morgan fingerprint density at radius 1 is 0.521 bits per heavy atom. The highest BCUT2D eigenvalue weighted by Gasteiger charge is 2.12. The van der Waals surface area contributed by atoms with Crippen LogP contribution in [0.15, 0.2) is 172 Å². The summed E-state index contributed by atoms with van der Waals surface area (Å²) >= 11 is 0. The predicted octanol–water partition coefficient (Wildman–Crippen LogP) is 9.96. The Morgan fingerprint density at radius 2 is 0.958 bits per heavy atom. The van der Waals surface area contributed by atoms with Gasteiger partial charge in [-0.2, -0.15) is 5.10 Å². The zero-order chi connectivity index (χ0) is 32.5. The first kappa shape index (κ1) is 30.1. The number of benzene rings is 6. The van der Waals surface area contributed by atoms with Gasteiger partial charge in [0.25, 0.3) is 0 Å². The van der Waals surface area contributed by atoms with Crippen LogP contribution in [0, 0.1) is 0 Å². The maximum absolute atomic E-state index is 6.06. The second-order valence-corrected chi connectivity index (χ2v) is 10.8.